The van der Waals surface area contributed by atoms with Gasteiger partial charge in [0.2, 0.25) is 5.91 Å². The Balaban J connectivity index is 1.97. The summed E-state index contributed by atoms with van der Waals surface area (Å²) < 4.78 is 0. The smallest absolute Gasteiger partial charge is 0.216 e. The second-order valence-electron chi connectivity index (χ2n) is 4.79. The van der Waals surface area contributed by atoms with Crippen molar-refractivity contribution in [3.05, 3.63) is 12.3 Å². The van der Waals surface area contributed by atoms with E-state index in [4.69, 9.17) is 0 Å². The first-order chi connectivity index (χ1) is 9.19. The molecule has 1 aliphatic heterocycles. The van der Waals surface area contributed by atoms with Crippen molar-refractivity contribution in [2.24, 2.45) is 5.92 Å². The number of nitrogens with one attached hydrogen (secondary N) is 1. The lowest BCUT2D eigenvalue weighted by molar-refractivity contribution is -0.119. The van der Waals surface area contributed by atoms with Crippen LogP contribution in [0.25, 0.3) is 0 Å². The first kappa shape index (κ1) is 14.1. The molecule has 1 aliphatic rings. The van der Waals surface area contributed by atoms with Crippen LogP contribution in [0.2, 0.25) is 0 Å². The van der Waals surface area contributed by atoms with E-state index in [1.54, 1.807) is 18.7 Å². The normalized spacial score (nSPS) is 19.3. The Hall–Kier alpha value is -1.30. The molecule has 1 amide bonds. The molecule has 19 heavy (non-hydrogen) atoms. The predicted octanol–water partition coefficient (Wildman–Crippen LogP) is 1.55. The maximum atomic E-state index is 11.0. The molecule has 0 saturated carbocycles. The molecule has 2 rings (SSSR count). The Morgan fingerprint density at radius 2 is 2.47 bits per heavy atom. The van der Waals surface area contributed by atoms with Crippen LogP contribution in [0.3, 0.4) is 0 Å². The molecule has 1 fully saturated rings. The van der Waals surface area contributed by atoms with E-state index in [0.717, 1.165) is 43.5 Å². The van der Waals surface area contributed by atoms with Gasteiger partial charge in [0, 0.05) is 32.8 Å². The largest absolute Gasteiger partial charge is 0.356 e. The Bertz CT molecular complexity index is 440. The van der Waals surface area contributed by atoms with Crippen molar-refractivity contribution in [3.8, 4) is 0 Å². The molecular formula is C13H20N4OS. The van der Waals surface area contributed by atoms with Crippen molar-refractivity contribution in [2.45, 2.75) is 24.9 Å². The average molecular weight is 280 g/mol. The molecular weight excluding hydrogens is 260 g/mol. The van der Waals surface area contributed by atoms with Crippen LogP contribution in [0.15, 0.2) is 17.4 Å². The van der Waals surface area contributed by atoms with Gasteiger partial charge < -0.3 is 10.2 Å². The number of amides is 1. The zero-order valence-corrected chi connectivity index (χ0v) is 12.2. The zero-order chi connectivity index (χ0) is 13.7. The van der Waals surface area contributed by atoms with E-state index in [2.05, 4.69) is 20.2 Å². The molecule has 0 aromatic carbocycles. The summed E-state index contributed by atoms with van der Waals surface area (Å²) in [6, 6.07) is 1.96. The fourth-order valence-corrected chi connectivity index (χ4v) is 2.69. The van der Waals surface area contributed by atoms with Crippen LogP contribution < -0.4 is 10.2 Å². The number of hydrogen-bond donors (Lipinski definition) is 1. The molecule has 1 N–H and O–H groups in total. The van der Waals surface area contributed by atoms with Crippen molar-refractivity contribution in [3.63, 3.8) is 0 Å². The van der Waals surface area contributed by atoms with Gasteiger partial charge >= 0.3 is 0 Å². The number of piperidine rings is 1. The fourth-order valence-electron chi connectivity index (χ4n) is 2.33. The van der Waals surface area contributed by atoms with E-state index in [1.165, 1.54) is 0 Å². The van der Waals surface area contributed by atoms with E-state index >= 15 is 0 Å². The maximum Gasteiger partial charge on any atom is 0.216 e. The van der Waals surface area contributed by atoms with Crippen molar-refractivity contribution >= 4 is 23.5 Å². The van der Waals surface area contributed by atoms with Crippen molar-refractivity contribution in [1.82, 2.24) is 15.3 Å². The summed E-state index contributed by atoms with van der Waals surface area (Å²) in [7, 11) is 0. The minimum atomic E-state index is 0.0452. The van der Waals surface area contributed by atoms with Gasteiger partial charge in [0.05, 0.1) is 0 Å². The van der Waals surface area contributed by atoms with Crippen LogP contribution in [-0.4, -0.2) is 41.8 Å². The number of hydrogen-bond acceptors (Lipinski definition) is 5. The van der Waals surface area contributed by atoms with Gasteiger partial charge in [-0.1, -0.05) is 11.8 Å². The van der Waals surface area contributed by atoms with Crippen LogP contribution in [0.5, 0.6) is 0 Å². The van der Waals surface area contributed by atoms with Gasteiger partial charge in [-0.2, -0.15) is 0 Å². The summed E-state index contributed by atoms with van der Waals surface area (Å²) in [5.74, 6) is 1.54. The number of carbonyl (C=O) groups excluding carboxylic acids is 1. The number of rotatable bonds is 4. The van der Waals surface area contributed by atoms with Gasteiger partial charge in [-0.05, 0) is 31.1 Å². The number of anilines is 1. The van der Waals surface area contributed by atoms with E-state index in [1.807, 2.05) is 18.5 Å². The van der Waals surface area contributed by atoms with E-state index in [0.29, 0.717) is 5.92 Å². The van der Waals surface area contributed by atoms with Crippen LogP contribution >= 0.6 is 11.8 Å². The van der Waals surface area contributed by atoms with Gasteiger partial charge in [0.15, 0.2) is 5.16 Å². The van der Waals surface area contributed by atoms with Crippen LogP contribution in [0.4, 0.5) is 5.82 Å². The second kappa shape index (κ2) is 6.75. The molecule has 0 spiro atoms. The zero-order valence-electron chi connectivity index (χ0n) is 11.4. The summed E-state index contributed by atoms with van der Waals surface area (Å²) in [5, 5.41) is 3.71. The number of carbonyl (C=O) groups is 1. The Kier molecular flexibility index (Phi) is 5.01. The lowest BCUT2D eigenvalue weighted by atomic mass is 9.98. The van der Waals surface area contributed by atoms with Gasteiger partial charge in [-0.3, -0.25) is 4.79 Å². The first-order valence-electron chi connectivity index (χ1n) is 6.55. The summed E-state index contributed by atoms with van der Waals surface area (Å²) in [4.78, 5) is 22.0. The molecule has 2 heterocycles. The minimum absolute atomic E-state index is 0.0452. The summed E-state index contributed by atoms with van der Waals surface area (Å²) in [6.45, 7) is 4.30. The monoisotopic (exact) mass is 280 g/mol. The standard InChI is InChI=1S/C13H20N4OS/c1-10(18)15-8-11-4-3-7-17(9-11)12-5-6-14-13(16-12)19-2/h5-6,11H,3-4,7-9H2,1-2H3,(H,15,18)/t11-/m1/s1. The quantitative estimate of drug-likeness (QED) is 0.670. The lowest BCUT2D eigenvalue weighted by Gasteiger charge is -2.33. The van der Waals surface area contributed by atoms with E-state index in [-0.39, 0.29) is 5.91 Å². The Morgan fingerprint density at radius 1 is 1.63 bits per heavy atom. The third-order valence-corrected chi connectivity index (χ3v) is 3.85. The Labute approximate surface area is 118 Å². The molecule has 1 aromatic rings. The highest BCUT2D eigenvalue weighted by Gasteiger charge is 2.21. The minimum Gasteiger partial charge on any atom is -0.356 e. The highest BCUT2D eigenvalue weighted by Crippen LogP contribution is 2.22. The molecule has 0 unspecified atom stereocenters. The molecule has 0 bridgehead atoms. The SMILES string of the molecule is CSc1nccc(N2CCC[C@H](CNC(C)=O)C2)n1. The summed E-state index contributed by atoms with van der Waals surface area (Å²) >= 11 is 1.56. The third-order valence-electron chi connectivity index (χ3n) is 3.28. The van der Waals surface area contributed by atoms with E-state index in [9.17, 15) is 4.79 Å². The number of nitrogens with zero attached hydrogens (tertiary/aromatic N) is 3. The molecule has 6 heteroatoms. The molecule has 0 aliphatic carbocycles. The molecule has 1 atom stereocenters. The van der Waals surface area contributed by atoms with Gasteiger partial charge in [-0.15, -0.1) is 0 Å². The van der Waals surface area contributed by atoms with Crippen molar-refractivity contribution in [2.75, 3.05) is 30.8 Å². The first-order valence-corrected chi connectivity index (χ1v) is 7.78. The number of thioether (sulfide) groups is 1. The van der Waals surface area contributed by atoms with Gasteiger partial charge in [0.25, 0.3) is 0 Å². The number of aromatic nitrogens is 2. The summed E-state index contributed by atoms with van der Waals surface area (Å²) in [5.41, 5.74) is 0. The van der Waals surface area contributed by atoms with Crippen molar-refractivity contribution in [1.29, 1.82) is 0 Å². The fraction of sp³-hybridized carbons (Fsp3) is 0.615. The Morgan fingerprint density at radius 3 is 3.21 bits per heavy atom. The predicted molar refractivity (Wildman–Crippen MR) is 77.4 cm³/mol. The molecule has 104 valence electrons. The second-order valence-corrected chi connectivity index (χ2v) is 5.57. The molecule has 5 nitrogen and oxygen atoms in total. The summed E-state index contributed by atoms with van der Waals surface area (Å²) in [6.07, 6.45) is 6.10. The van der Waals surface area contributed by atoms with Gasteiger partial charge in [-0.25, -0.2) is 9.97 Å². The molecule has 1 saturated heterocycles. The third kappa shape index (κ3) is 4.09. The van der Waals surface area contributed by atoms with Gasteiger partial charge in [0.1, 0.15) is 5.82 Å². The lowest BCUT2D eigenvalue weighted by Crippen LogP contribution is -2.41. The molecule has 0 radical (unpaired) electrons. The average Bonchev–Trinajstić information content (AvgIpc) is 2.45. The molecule has 1 aromatic heterocycles. The van der Waals surface area contributed by atoms with Crippen LogP contribution in [0.1, 0.15) is 19.8 Å². The van der Waals surface area contributed by atoms with Crippen LogP contribution in [-0.2, 0) is 4.79 Å². The highest BCUT2D eigenvalue weighted by molar-refractivity contribution is 7.98. The maximum absolute atomic E-state index is 11.0. The van der Waals surface area contributed by atoms with Crippen molar-refractivity contribution < 1.29 is 4.79 Å². The van der Waals surface area contributed by atoms with Crippen LogP contribution in [0, 0.1) is 5.92 Å². The topological polar surface area (TPSA) is 58.1 Å². The highest BCUT2D eigenvalue weighted by atomic mass is 32.2. The van der Waals surface area contributed by atoms with E-state index < -0.39 is 0 Å².